The zero-order valence-corrected chi connectivity index (χ0v) is 25.9. The number of nitrogens with one attached hydrogen (secondary N) is 1. The van der Waals surface area contributed by atoms with Crippen molar-refractivity contribution in [1.82, 2.24) is 5.32 Å². The molecule has 0 aliphatic heterocycles. The average molecular weight is 637 g/mol. The Hall–Kier alpha value is -3.10. The van der Waals surface area contributed by atoms with E-state index < -0.39 is 57.9 Å². The summed E-state index contributed by atoms with van der Waals surface area (Å²) >= 11 is 0.736. The van der Waals surface area contributed by atoms with Crippen molar-refractivity contribution in [2.45, 2.75) is 83.5 Å². The minimum Gasteiger partial charge on any atom is -0.456 e. The maximum Gasteiger partial charge on any atom is 0.329 e. The normalized spacial score (nSPS) is 34.5. The number of Topliss-reactive ketones (excluding diaryl/α,β-unsaturated/α-hetero) is 1. The highest BCUT2D eigenvalue weighted by Crippen LogP contribution is 2.67. The number of ether oxygens (including phenoxy) is 1. The minimum absolute atomic E-state index is 0.0120. The van der Waals surface area contributed by atoms with E-state index in [9.17, 15) is 44.3 Å². The second kappa shape index (κ2) is 13.1. The monoisotopic (exact) mass is 636 g/mol. The number of thioether (sulfide) groups is 1. The number of amides is 1. The maximum absolute atomic E-state index is 13.6. The molecule has 0 aromatic carbocycles. The van der Waals surface area contributed by atoms with Crippen LogP contribution in [0.15, 0.2) is 23.8 Å². The molecule has 4 rings (SSSR count). The van der Waals surface area contributed by atoms with Crippen LogP contribution in [0.5, 0.6) is 0 Å². The van der Waals surface area contributed by atoms with Crippen molar-refractivity contribution in [3.8, 4) is 0 Å². The first kappa shape index (κ1) is 33.8. The van der Waals surface area contributed by atoms with E-state index in [2.05, 4.69) is 10.2 Å². The molecule has 0 spiro atoms. The fourth-order valence-electron chi connectivity index (χ4n) is 8.16. The number of rotatable bonds is 12. The fraction of sp³-hybridized carbons (Fsp3) is 0.700. The summed E-state index contributed by atoms with van der Waals surface area (Å²) in [7, 11) is 0. The van der Waals surface area contributed by atoms with E-state index in [-0.39, 0.29) is 66.7 Å². The van der Waals surface area contributed by atoms with Crippen LogP contribution in [-0.4, -0.2) is 80.6 Å². The average Bonchev–Trinajstić information content (AvgIpc) is 3.22. The lowest BCUT2D eigenvalue weighted by atomic mass is 9.46. The van der Waals surface area contributed by atoms with Gasteiger partial charge in [-0.15, -0.1) is 10.1 Å². The van der Waals surface area contributed by atoms with E-state index >= 15 is 0 Å². The Kier molecular flexibility index (Phi) is 10.1. The summed E-state index contributed by atoms with van der Waals surface area (Å²) in [4.78, 5) is 76.7. The Morgan fingerprint density at radius 3 is 2.66 bits per heavy atom. The second-order valence-electron chi connectivity index (χ2n) is 12.7. The summed E-state index contributed by atoms with van der Waals surface area (Å²) in [5.74, 6) is -2.67. The highest BCUT2D eigenvalue weighted by Gasteiger charge is 2.68. The number of allylic oxidation sites excluding steroid dienone is 4. The molecule has 3 saturated carbocycles. The Labute approximate surface area is 259 Å². The van der Waals surface area contributed by atoms with Crippen molar-refractivity contribution in [1.29, 1.82) is 0 Å². The van der Waals surface area contributed by atoms with E-state index in [1.807, 2.05) is 19.9 Å². The van der Waals surface area contributed by atoms with Gasteiger partial charge < -0.3 is 25.1 Å². The molecule has 0 aromatic heterocycles. The molecular formula is C30H40N2O11S. The van der Waals surface area contributed by atoms with Crippen molar-refractivity contribution in [2.75, 3.05) is 19.0 Å². The highest BCUT2D eigenvalue weighted by atomic mass is 32.2. The van der Waals surface area contributed by atoms with E-state index in [0.29, 0.717) is 12.8 Å². The number of aliphatic hydroxyl groups is 2. The van der Waals surface area contributed by atoms with Gasteiger partial charge in [0.05, 0.1) is 12.7 Å². The molecule has 3 N–H and O–H groups in total. The van der Waals surface area contributed by atoms with Gasteiger partial charge in [-0.05, 0) is 62.5 Å². The van der Waals surface area contributed by atoms with Crippen LogP contribution in [0.4, 0.5) is 0 Å². The SMILES string of the molecule is CC(=O)N[C@@H](CSC(=O)CCCO[N+](=O)[O-])C(=O)OCC(=O)[C@@]1(O)CC[C@H]2[C@@H]3CCC4=CC(=O)C=C[C@]4(C)[C@H]3C(O)C[C@@]21C. The predicted molar refractivity (Wildman–Crippen MR) is 156 cm³/mol. The van der Waals surface area contributed by atoms with E-state index in [0.717, 1.165) is 23.8 Å². The molecule has 4 aliphatic carbocycles. The molecule has 0 bridgehead atoms. The summed E-state index contributed by atoms with van der Waals surface area (Å²) in [6.45, 7) is 4.04. The lowest BCUT2D eigenvalue weighted by Crippen LogP contribution is -2.61. The summed E-state index contributed by atoms with van der Waals surface area (Å²) < 4.78 is 5.26. The second-order valence-corrected chi connectivity index (χ2v) is 13.8. The molecule has 0 aromatic rings. The van der Waals surface area contributed by atoms with Gasteiger partial charge in [0.2, 0.25) is 11.7 Å². The number of hydrogen-bond acceptors (Lipinski definition) is 12. The third-order valence-electron chi connectivity index (χ3n) is 10.2. The Morgan fingerprint density at radius 1 is 1.25 bits per heavy atom. The zero-order valence-electron chi connectivity index (χ0n) is 25.1. The van der Waals surface area contributed by atoms with Gasteiger partial charge in [-0.2, -0.15) is 0 Å². The number of ketones is 2. The first-order valence-electron chi connectivity index (χ1n) is 14.9. The molecule has 1 amide bonds. The van der Waals surface area contributed by atoms with Crippen LogP contribution in [0.1, 0.15) is 65.7 Å². The quantitative estimate of drug-likeness (QED) is 0.122. The Morgan fingerprint density at radius 2 is 1.98 bits per heavy atom. The van der Waals surface area contributed by atoms with Crippen molar-refractivity contribution in [2.24, 2.45) is 28.6 Å². The predicted octanol–water partition coefficient (Wildman–Crippen LogP) is 1.86. The first-order valence-corrected chi connectivity index (χ1v) is 15.9. The first-order chi connectivity index (χ1) is 20.6. The molecule has 13 nitrogen and oxygen atoms in total. The zero-order chi connectivity index (χ0) is 32.4. The molecule has 44 heavy (non-hydrogen) atoms. The molecule has 0 heterocycles. The number of carbonyl (C=O) groups excluding carboxylic acids is 5. The van der Waals surface area contributed by atoms with Crippen LogP contribution >= 0.6 is 11.8 Å². The topological polar surface area (TPSA) is 199 Å². The Balaban J connectivity index is 1.39. The van der Waals surface area contributed by atoms with Crippen molar-refractivity contribution in [3.05, 3.63) is 33.9 Å². The molecule has 1 unspecified atom stereocenters. The van der Waals surface area contributed by atoms with Gasteiger partial charge >= 0.3 is 5.97 Å². The third-order valence-corrected chi connectivity index (χ3v) is 11.3. The minimum atomic E-state index is -1.85. The summed E-state index contributed by atoms with van der Waals surface area (Å²) in [5.41, 5.74) is -2.30. The van der Waals surface area contributed by atoms with Crippen molar-refractivity contribution < 1.29 is 48.8 Å². The molecular weight excluding hydrogens is 596 g/mol. The summed E-state index contributed by atoms with van der Waals surface area (Å²) in [6.07, 6.45) is 6.59. The number of fused-ring (bicyclic) bond motifs is 5. The fourth-order valence-corrected chi connectivity index (χ4v) is 9.02. The molecule has 0 saturated heterocycles. The van der Waals surface area contributed by atoms with Gasteiger partial charge in [-0.3, -0.25) is 19.2 Å². The molecule has 3 fully saturated rings. The molecule has 8 atom stereocenters. The van der Waals surface area contributed by atoms with Crippen LogP contribution in [0.25, 0.3) is 0 Å². The number of carbonyl (C=O) groups is 5. The van der Waals surface area contributed by atoms with Gasteiger partial charge in [0.1, 0.15) is 11.6 Å². The van der Waals surface area contributed by atoms with Gasteiger partial charge in [-0.25, -0.2) is 4.79 Å². The maximum atomic E-state index is 13.6. The van der Waals surface area contributed by atoms with E-state index in [4.69, 9.17) is 4.74 Å². The summed E-state index contributed by atoms with van der Waals surface area (Å²) in [6, 6.07) is -1.25. The lowest BCUT2D eigenvalue weighted by Gasteiger charge is -2.59. The smallest absolute Gasteiger partial charge is 0.329 e. The lowest BCUT2D eigenvalue weighted by molar-refractivity contribution is -0.757. The van der Waals surface area contributed by atoms with Crippen molar-refractivity contribution in [3.63, 3.8) is 0 Å². The standard InChI is InChI=1S/C30H40N2O11S/c1-17(33)31-22(16-44-25(37)5-4-12-43-32(40)41)27(38)42-15-24(36)30(39)11-9-21-20-7-6-18-13-19(34)8-10-28(18,2)26(20)23(35)14-29(21,30)3/h8,10,13,20-23,26,35,39H,4-7,9,11-12,14-16H2,1-3H3,(H,31,33)/t20-,21-,22-,23?,26+,28-,29-,30-/m0/s1. The Bertz CT molecular complexity index is 1280. The van der Waals surface area contributed by atoms with Crippen LogP contribution in [0, 0.1) is 38.7 Å². The van der Waals surface area contributed by atoms with Gasteiger partial charge in [-0.1, -0.05) is 37.3 Å². The van der Waals surface area contributed by atoms with Crippen LogP contribution in [-0.2, 0) is 33.5 Å². The third kappa shape index (κ3) is 6.47. The van der Waals surface area contributed by atoms with Crippen LogP contribution < -0.4 is 5.32 Å². The van der Waals surface area contributed by atoms with E-state index in [1.165, 1.54) is 6.92 Å². The largest absolute Gasteiger partial charge is 0.456 e. The number of nitrogens with zero attached hydrogens (tertiary/aromatic N) is 1. The van der Waals surface area contributed by atoms with E-state index in [1.54, 1.807) is 12.2 Å². The molecule has 0 radical (unpaired) electrons. The number of aliphatic hydroxyl groups excluding tert-OH is 1. The highest BCUT2D eigenvalue weighted by molar-refractivity contribution is 8.13. The summed E-state index contributed by atoms with van der Waals surface area (Å²) in [5, 5.41) is 34.7. The van der Waals surface area contributed by atoms with Crippen molar-refractivity contribution >= 4 is 40.3 Å². The van der Waals surface area contributed by atoms with Gasteiger partial charge in [0.25, 0.3) is 5.09 Å². The van der Waals surface area contributed by atoms with Gasteiger partial charge in [0.15, 0.2) is 17.5 Å². The van der Waals surface area contributed by atoms with Gasteiger partial charge in [0, 0.05) is 35.8 Å². The molecule has 4 aliphatic rings. The number of hydrogen-bond donors (Lipinski definition) is 3. The number of esters is 1. The molecule has 242 valence electrons. The van der Waals surface area contributed by atoms with Crippen LogP contribution in [0.2, 0.25) is 0 Å². The van der Waals surface area contributed by atoms with Crippen LogP contribution in [0.3, 0.4) is 0 Å². The molecule has 14 heteroatoms.